The summed E-state index contributed by atoms with van der Waals surface area (Å²) in [5.74, 6) is 0.859. The highest BCUT2D eigenvalue weighted by atomic mass is 33.1. The zero-order valence-corrected chi connectivity index (χ0v) is 8.26. The third-order valence-electron chi connectivity index (χ3n) is 1.13. The van der Waals surface area contributed by atoms with Gasteiger partial charge in [-0.1, -0.05) is 10.8 Å². The molecule has 2 nitrogen and oxygen atoms in total. The van der Waals surface area contributed by atoms with E-state index in [0.29, 0.717) is 0 Å². The summed E-state index contributed by atoms with van der Waals surface area (Å²) in [6, 6.07) is 0. The normalized spacial score (nSPS) is 11.9. The van der Waals surface area contributed by atoms with Crippen LogP contribution in [-0.4, -0.2) is 9.36 Å². The van der Waals surface area contributed by atoms with Crippen LogP contribution in [0, 0.1) is 0 Å². The van der Waals surface area contributed by atoms with E-state index in [1.54, 1.807) is 5.51 Å². The minimum atomic E-state index is -0.0664. The smallest absolute Gasteiger partial charge is 0.158 e. The summed E-state index contributed by atoms with van der Waals surface area (Å²) in [5, 5.41) is 0. The third kappa shape index (κ3) is 1.65. The Bertz CT molecular complexity index is 195. The Morgan fingerprint density at radius 3 is 2.80 bits per heavy atom. The second kappa shape index (κ2) is 3.11. The average molecular weight is 192 g/mol. The van der Waals surface area contributed by atoms with Crippen LogP contribution in [0.1, 0.15) is 19.7 Å². The fraction of sp³-hybridized carbons (Fsp3) is 0.600. The summed E-state index contributed by atoms with van der Waals surface area (Å²) < 4.78 is 4.05. The molecule has 0 saturated carbocycles. The van der Waals surface area contributed by atoms with E-state index in [1.807, 2.05) is 13.8 Å². The van der Waals surface area contributed by atoms with E-state index in [4.69, 9.17) is 0 Å². The minimum absolute atomic E-state index is 0.0664. The molecule has 5 heteroatoms. The first-order valence-electron chi connectivity index (χ1n) is 2.76. The van der Waals surface area contributed by atoms with Crippen LogP contribution in [0.15, 0.2) is 5.51 Å². The zero-order chi connectivity index (χ0) is 7.61. The molecular formula is C5H8N2S3. The summed E-state index contributed by atoms with van der Waals surface area (Å²) in [4.78, 5) is 4.10. The van der Waals surface area contributed by atoms with Crippen LogP contribution in [0.2, 0.25) is 0 Å². The Kier molecular flexibility index (Phi) is 2.60. The van der Waals surface area contributed by atoms with E-state index < -0.39 is 0 Å². The van der Waals surface area contributed by atoms with Crippen molar-refractivity contribution >= 4 is 34.0 Å². The third-order valence-corrected chi connectivity index (χ3v) is 3.61. The molecule has 0 N–H and O–H groups in total. The number of nitrogens with zero attached hydrogens (tertiary/aromatic N) is 2. The molecule has 1 aromatic rings. The van der Waals surface area contributed by atoms with E-state index in [0.717, 1.165) is 5.82 Å². The Labute approximate surface area is 73.4 Å². The Morgan fingerprint density at radius 1 is 1.70 bits per heavy atom. The van der Waals surface area contributed by atoms with Gasteiger partial charge in [-0.3, -0.25) is 0 Å². The van der Waals surface area contributed by atoms with Gasteiger partial charge < -0.3 is 0 Å². The van der Waals surface area contributed by atoms with E-state index in [2.05, 4.69) is 21.0 Å². The van der Waals surface area contributed by atoms with Gasteiger partial charge >= 0.3 is 0 Å². The summed E-state index contributed by atoms with van der Waals surface area (Å²) in [5.41, 5.74) is 1.74. The summed E-state index contributed by atoms with van der Waals surface area (Å²) in [6.07, 6.45) is 0. The molecule has 10 heavy (non-hydrogen) atoms. The van der Waals surface area contributed by atoms with Gasteiger partial charge in [0.25, 0.3) is 0 Å². The molecule has 0 saturated heterocycles. The lowest BCUT2D eigenvalue weighted by molar-refractivity contribution is 0.732. The fourth-order valence-corrected chi connectivity index (χ4v) is 1.53. The van der Waals surface area contributed by atoms with Gasteiger partial charge in [0.05, 0.1) is 4.75 Å². The maximum absolute atomic E-state index is 4.13. The summed E-state index contributed by atoms with van der Waals surface area (Å²) in [6.45, 7) is 4.10. The fourth-order valence-electron chi connectivity index (χ4n) is 0.477. The van der Waals surface area contributed by atoms with Crippen molar-refractivity contribution in [3.8, 4) is 0 Å². The predicted molar refractivity (Wildman–Crippen MR) is 49.5 cm³/mol. The van der Waals surface area contributed by atoms with Crippen LogP contribution in [0.3, 0.4) is 0 Å². The Balaban J connectivity index is 2.85. The predicted octanol–water partition coefficient (Wildman–Crippen LogP) is 2.35. The quantitative estimate of drug-likeness (QED) is 0.575. The van der Waals surface area contributed by atoms with Crippen LogP contribution < -0.4 is 0 Å². The van der Waals surface area contributed by atoms with Crippen molar-refractivity contribution < 1.29 is 0 Å². The molecule has 0 aromatic carbocycles. The average Bonchev–Trinajstić information content (AvgIpc) is 2.38. The van der Waals surface area contributed by atoms with Crippen LogP contribution in [0.25, 0.3) is 0 Å². The molecule has 0 aliphatic carbocycles. The van der Waals surface area contributed by atoms with E-state index in [-0.39, 0.29) is 4.75 Å². The second-order valence-electron chi connectivity index (χ2n) is 2.36. The van der Waals surface area contributed by atoms with Crippen LogP contribution >= 0.6 is 34.0 Å². The summed E-state index contributed by atoms with van der Waals surface area (Å²) >= 11 is 5.50. The molecule has 0 spiro atoms. The number of aromatic nitrogens is 2. The van der Waals surface area contributed by atoms with Gasteiger partial charge in [-0.25, -0.2) is 4.98 Å². The molecule has 1 aromatic heterocycles. The van der Waals surface area contributed by atoms with Crippen molar-refractivity contribution in [3.63, 3.8) is 0 Å². The maximum atomic E-state index is 4.13. The monoisotopic (exact) mass is 192 g/mol. The first-order chi connectivity index (χ1) is 4.67. The molecule has 0 atom stereocenters. The standard InChI is InChI=1S/C5H8N2S3/c1-5(2,10-8)4-6-3-9-7-4/h3,8H,1-2H3. The number of thiol groups is 1. The maximum Gasteiger partial charge on any atom is 0.158 e. The molecule has 0 fully saturated rings. The first kappa shape index (κ1) is 8.36. The summed E-state index contributed by atoms with van der Waals surface area (Å²) in [7, 11) is 1.46. The molecule has 0 radical (unpaired) electrons. The topological polar surface area (TPSA) is 25.8 Å². The zero-order valence-electron chi connectivity index (χ0n) is 5.74. The van der Waals surface area contributed by atoms with Crippen LogP contribution in [-0.2, 0) is 4.75 Å². The lowest BCUT2D eigenvalue weighted by atomic mass is 10.2. The minimum Gasteiger partial charge on any atom is -0.226 e. The molecule has 0 aliphatic rings. The number of hydrogen-bond acceptors (Lipinski definition) is 5. The highest BCUT2D eigenvalue weighted by molar-refractivity contribution is 8.68. The second-order valence-corrected chi connectivity index (χ2v) is 4.71. The van der Waals surface area contributed by atoms with Crippen molar-refractivity contribution in [3.05, 3.63) is 11.3 Å². The Hall–Kier alpha value is 0.260. The van der Waals surface area contributed by atoms with Crippen molar-refractivity contribution in [1.82, 2.24) is 9.36 Å². The molecule has 1 rings (SSSR count). The van der Waals surface area contributed by atoms with E-state index >= 15 is 0 Å². The molecule has 0 amide bonds. The van der Waals surface area contributed by atoms with Gasteiger partial charge in [0.1, 0.15) is 5.51 Å². The molecular weight excluding hydrogens is 184 g/mol. The van der Waals surface area contributed by atoms with Crippen molar-refractivity contribution in [1.29, 1.82) is 0 Å². The molecule has 56 valence electrons. The number of rotatable bonds is 2. The van der Waals surface area contributed by atoms with Gasteiger partial charge in [-0.15, -0.1) is 11.7 Å². The molecule has 0 unspecified atom stereocenters. The highest BCUT2D eigenvalue weighted by Gasteiger charge is 2.23. The van der Waals surface area contributed by atoms with Gasteiger partial charge in [0, 0.05) is 0 Å². The largest absolute Gasteiger partial charge is 0.226 e. The molecule has 0 bridgehead atoms. The van der Waals surface area contributed by atoms with Crippen LogP contribution in [0.4, 0.5) is 0 Å². The van der Waals surface area contributed by atoms with Gasteiger partial charge in [-0.2, -0.15) is 4.37 Å². The highest BCUT2D eigenvalue weighted by Crippen LogP contribution is 2.35. The lowest BCUT2D eigenvalue weighted by Gasteiger charge is -2.15. The first-order valence-corrected chi connectivity index (χ1v) is 5.47. The van der Waals surface area contributed by atoms with Crippen molar-refractivity contribution in [2.75, 3.05) is 0 Å². The van der Waals surface area contributed by atoms with E-state index in [9.17, 15) is 0 Å². The SMILES string of the molecule is CC(C)(SS)c1ncsn1. The number of hydrogen-bond donors (Lipinski definition) is 1. The van der Waals surface area contributed by atoms with Gasteiger partial charge in [-0.05, 0) is 25.4 Å². The van der Waals surface area contributed by atoms with Crippen LogP contribution in [0.5, 0.6) is 0 Å². The molecule has 0 aliphatic heterocycles. The lowest BCUT2D eigenvalue weighted by Crippen LogP contribution is -2.11. The molecule has 1 heterocycles. The van der Waals surface area contributed by atoms with Crippen molar-refractivity contribution in [2.45, 2.75) is 18.6 Å². The van der Waals surface area contributed by atoms with Crippen molar-refractivity contribution in [2.24, 2.45) is 0 Å². The Morgan fingerprint density at radius 2 is 2.40 bits per heavy atom. The van der Waals surface area contributed by atoms with Gasteiger partial charge in [0.15, 0.2) is 5.82 Å². The van der Waals surface area contributed by atoms with Gasteiger partial charge in [0.2, 0.25) is 0 Å². The van der Waals surface area contributed by atoms with E-state index in [1.165, 1.54) is 22.3 Å².